The summed E-state index contributed by atoms with van der Waals surface area (Å²) in [5, 5.41) is 17.4. The molecule has 16 nitrogen and oxygen atoms in total. The summed E-state index contributed by atoms with van der Waals surface area (Å²) in [4.78, 5) is 44.4. The molecule has 0 aliphatic heterocycles. The van der Waals surface area contributed by atoms with Crippen molar-refractivity contribution >= 4 is 207 Å². The Balaban J connectivity index is -0.0000000442. The molecule has 30 heteroatoms. The summed E-state index contributed by atoms with van der Waals surface area (Å²) < 4.78 is 41.4. The van der Waals surface area contributed by atoms with Crippen molar-refractivity contribution in [3.8, 4) is 0 Å². The number of esters is 2. The average Bonchev–Trinajstić information content (AvgIpc) is 3.59. The van der Waals surface area contributed by atoms with Gasteiger partial charge in [0.1, 0.15) is 32.5 Å². The van der Waals surface area contributed by atoms with E-state index in [2.05, 4.69) is 59.8 Å². The SMILES string of the molecule is C.CC.CC.CC.CC(=O)OC(C)(C)C.CC(=O)OC(C)(C)C.CC(C)(C)OC(=O)N=[N+]=[N-].CC(C)CCCC(C)C1CCC2C3CC=C4CC(OC(=O)Cl)CCC4(C)C3CCC12C.CO.CS(C)(=O)(O)OO.S.S.S.S.S.S.S.S.S.S.S.S. The summed E-state index contributed by atoms with van der Waals surface area (Å²) in [6.45, 7) is 43.4. The molecule has 3 fully saturated rings. The first-order valence-electron chi connectivity index (χ1n) is 26.1. The van der Waals surface area contributed by atoms with E-state index in [1.165, 1.54) is 65.2 Å². The summed E-state index contributed by atoms with van der Waals surface area (Å²) in [6, 6.07) is 0. The van der Waals surface area contributed by atoms with Crippen molar-refractivity contribution in [1.82, 2.24) is 0 Å². The molecule has 0 saturated heterocycles. The van der Waals surface area contributed by atoms with Gasteiger partial charge in [0.05, 0.1) is 0 Å². The van der Waals surface area contributed by atoms with Crippen molar-refractivity contribution in [1.29, 1.82) is 0 Å². The molecule has 1 amide bonds. The van der Waals surface area contributed by atoms with Gasteiger partial charge in [-0.1, -0.05) is 114 Å². The van der Waals surface area contributed by atoms with Gasteiger partial charge in [-0.15, -0.1) is 4.33 Å². The Morgan fingerprint density at radius 2 is 1.07 bits per heavy atom. The number of ether oxygens (including phenoxy) is 4. The zero-order valence-corrected chi connectivity index (χ0v) is 69.5. The quantitative estimate of drug-likeness (QED) is 0.0248. The summed E-state index contributed by atoms with van der Waals surface area (Å²) >= 11 is 5.51. The van der Waals surface area contributed by atoms with E-state index in [9.17, 15) is 23.4 Å². The Morgan fingerprint density at radius 1 is 0.694 bits per heavy atom. The van der Waals surface area contributed by atoms with E-state index in [4.69, 9.17) is 46.3 Å². The van der Waals surface area contributed by atoms with Gasteiger partial charge in [0, 0.05) is 61.5 Å². The van der Waals surface area contributed by atoms with Crippen LogP contribution in [0, 0.1) is 46.3 Å². The number of amides is 1. The highest BCUT2D eigenvalue weighted by Gasteiger charge is 2.59. The number of nitrogens with zero attached hydrogens (tertiary/aromatic N) is 3. The first-order valence-corrected chi connectivity index (χ1v) is 29.2. The van der Waals surface area contributed by atoms with Crippen LogP contribution in [-0.4, -0.2) is 85.1 Å². The maximum absolute atomic E-state index is 11.2. The zero-order chi connectivity index (χ0) is 58.3. The normalized spacial score (nSPS) is 20.7. The lowest BCUT2D eigenvalue weighted by atomic mass is 9.47. The monoisotopic (exact) mass is 1500 g/mol. The Morgan fingerprint density at radius 3 is 1.36 bits per heavy atom. The standard InChI is InChI=1S/C28H45ClO2.2C6H12O2.C5H9N3O2.C2H8O4S.3C2H6.CH4O.CH4.12H2S/c1-18(2)7-6-8-19(3)23-11-12-24-22-10-9-20-17-21(31-26(29)30)13-15-27(20,4)25(22)14-16-28(23,24)5;2*1-5(7)8-6(2,3)4;1-5(2,3)10-4(9)7-8-6;1-7(2,4,5)6-3;4*1-2;;;;;;;;;;;;;/h9,18-19,21-25H,6-8,10-17H2,1-5H3;2*1-4H3;1-3H3;3H,1-2H3,(H,4,5);3*1-2H3;2H,1H3;1H4;12*1H2. The molecule has 4 aliphatic rings. The van der Waals surface area contributed by atoms with Crippen LogP contribution in [-0.2, 0) is 42.5 Å². The summed E-state index contributed by atoms with van der Waals surface area (Å²) in [5.74, 6) is 4.74. The molecule has 8 atom stereocenters. The van der Waals surface area contributed by atoms with Crippen LogP contribution in [0.2, 0.25) is 0 Å². The molecule has 0 heterocycles. The molecule has 3 saturated carbocycles. The van der Waals surface area contributed by atoms with Gasteiger partial charge in [0.2, 0.25) is 0 Å². The molecular weight excluding hydrogens is 1360 g/mol. The third-order valence-corrected chi connectivity index (χ3v) is 12.7. The van der Waals surface area contributed by atoms with E-state index in [-0.39, 0.29) is 199 Å². The largest absolute Gasteiger partial charge is 0.460 e. The first-order chi connectivity index (χ1) is 32.7. The van der Waals surface area contributed by atoms with E-state index >= 15 is 0 Å². The average molecular weight is 1500 g/mol. The van der Waals surface area contributed by atoms with E-state index in [0.29, 0.717) is 10.8 Å². The highest BCUT2D eigenvalue weighted by Crippen LogP contribution is 2.67. The van der Waals surface area contributed by atoms with Gasteiger partial charge in [0.25, 0.3) is 0 Å². The van der Waals surface area contributed by atoms with Gasteiger partial charge in [-0.2, -0.15) is 162 Å². The predicted molar refractivity (Wildman–Crippen MR) is 427 cm³/mol. The van der Waals surface area contributed by atoms with Crippen LogP contribution in [0.3, 0.4) is 0 Å². The molecule has 4 aliphatic carbocycles. The van der Waals surface area contributed by atoms with E-state index in [1.54, 1.807) is 26.3 Å². The number of carbonyl (C=O) groups is 4. The summed E-state index contributed by atoms with van der Waals surface area (Å²) in [5.41, 5.74) is 8.31. The minimum atomic E-state index is -4.06. The summed E-state index contributed by atoms with van der Waals surface area (Å²) in [7, 11) is -3.06. The van der Waals surface area contributed by atoms with Crippen LogP contribution >= 0.6 is 174 Å². The van der Waals surface area contributed by atoms with Crippen LogP contribution in [0.5, 0.6) is 0 Å². The third kappa shape index (κ3) is 65.3. The van der Waals surface area contributed by atoms with E-state index < -0.39 is 26.8 Å². The number of hydrogen-bond acceptors (Lipinski definition) is 12. The number of aliphatic hydroxyl groups is 1. The van der Waals surface area contributed by atoms with Crippen LogP contribution < -0.4 is 0 Å². The molecule has 0 aromatic rings. The van der Waals surface area contributed by atoms with Crippen LogP contribution in [0.25, 0.3) is 10.4 Å². The van der Waals surface area contributed by atoms with Gasteiger partial charge < -0.3 is 28.6 Å². The smallest absolute Gasteiger partial charge is 0.404 e. The van der Waals surface area contributed by atoms with Gasteiger partial charge >= 0.3 is 23.5 Å². The highest BCUT2D eigenvalue weighted by molar-refractivity contribution is 8.09. The Kier molecular flexibility index (Phi) is 104. The van der Waals surface area contributed by atoms with Crippen LogP contribution in [0.4, 0.5) is 9.59 Å². The number of fused-ring (bicyclic) bond motifs is 5. The molecule has 534 valence electrons. The number of carbonyl (C=O) groups excluding carboxylic acids is 4. The van der Waals surface area contributed by atoms with Crippen LogP contribution in [0.15, 0.2) is 16.8 Å². The second kappa shape index (κ2) is 65.5. The second-order valence-electron chi connectivity index (χ2n) is 22.3. The molecule has 0 bridgehead atoms. The molecule has 0 aromatic carbocycles. The maximum Gasteiger partial charge on any atom is 0.404 e. The maximum atomic E-state index is 11.2. The van der Waals surface area contributed by atoms with Crippen molar-refractivity contribution in [2.45, 2.75) is 253 Å². The predicted octanol–water partition coefficient (Wildman–Crippen LogP) is 18.3. The molecule has 4 rings (SSSR count). The molecule has 0 aromatic heterocycles. The van der Waals surface area contributed by atoms with Crippen molar-refractivity contribution in [3.63, 3.8) is 0 Å². The molecule has 0 radical (unpaired) electrons. The van der Waals surface area contributed by atoms with Crippen molar-refractivity contribution < 1.29 is 61.6 Å². The van der Waals surface area contributed by atoms with Crippen LogP contribution in [0.1, 0.15) is 230 Å². The number of hydrogen-bond donors (Lipinski definition) is 3. The second-order valence-corrected chi connectivity index (χ2v) is 26.1. The van der Waals surface area contributed by atoms with Crippen molar-refractivity contribution in [2.24, 2.45) is 51.5 Å². The molecule has 3 N–H and O–H groups in total. The molecule has 85 heavy (non-hydrogen) atoms. The van der Waals surface area contributed by atoms with Gasteiger partial charge in [-0.05, 0) is 159 Å². The Hall–Kier alpha value is 1.41. The lowest BCUT2D eigenvalue weighted by Crippen LogP contribution is -2.51. The Labute approximate surface area is 609 Å². The number of rotatable bonds is 7. The highest BCUT2D eigenvalue weighted by atomic mass is 35.5. The van der Waals surface area contributed by atoms with Gasteiger partial charge in [-0.25, -0.2) is 19.1 Å². The molecular formula is C55H136ClN3O13S13. The minimum Gasteiger partial charge on any atom is -0.460 e. The Bertz CT molecular complexity index is 1700. The third-order valence-electron chi connectivity index (χ3n) is 12.2. The minimum absolute atomic E-state index is 0. The van der Waals surface area contributed by atoms with Crippen molar-refractivity contribution in [3.05, 3.63) is 22.1 Å². The number of aliphatic hydroxyl groups excluding tert-OH is 1. The zero-order valence-electron chi connectivity index (χ0n) is 55.9. The fraction of sp³-hybridized carbons (Fsp3) is 0.891. The lowest BCUT2D eigenvalue weighted by molar-refractivity contribution is -0.153. The fourth-order valence-corrected chi connectivity index (χ4v) is 10.2. The van der Waals surface area contributed by atoms with E-state index in [1.807, 2.05) is 83.1 Å². The number of azide groups is 1. The van der Waals surface area contributed by atoms with Gasteiger partial charge in [-0.3, -0.25) is 9.59 Å². The topological polar surface area (TPSA) is 241 Å². The van der Waals surface area contributed by atoms with E-state index in [0.717, 1.165) is 74.4 Å². The summed E-state index contributed by atoms with van der Waals surface area (Å²) in [6.07, 6.45) is 17.6. The first kappa shape index (κ1) is 135. The number of halogens is 1. The van der Waals surface area contributed by atoms with Gasteiger partial charge in [0.15, 0.2) is 0 Å². The fourth-order valence-electron chi connectivity index (χ4n) is 10.1. The number of allylic oxidation sites excluding steroid dienone is 1. The lowest BCUT2D eigenvalue weighted by Gasteiger charge is -2.58. The molecule has 0 spiro atoms. The van der Waals surface area contributed by atoms with Crippen molar-refractivity contribution in [2.75, 3.05) is 19.6 Å². The molecule has 8 unspecified atom stereocenters.